The summed E-state index contributed by atoms with van der Waals surface area (Å²) >= 11 is 1.95. The van der Waals surface area contributed by atoms with Gasteiger partial charge in [-0.25, -0.2) is 0 Å². The monoisotopic (exact) mass is 438 g/mol. The Hall–Kier alpha value is -0.730. The second-order valence-electron chi connectivity index (χ2n) is 12.1. The van der Waals surface area contributed by atoms with Gasteiger partial charge in [0.2, 0.25) is 0 Å². The van der Waals surface area contributed by atoms with Gasteiger partial charge in [-0.1, -0.05) is 57.9 Å². The van der Waals surface area contributed by atoms with Crippen molar-refractivity contribution in [1.82, 2.24) is 0 Å². The molecule has 0 radical (unpaired) electrons. The van der Waals surface area contributed by atoms with Crippen molar-refractivity contribution in [2.24, 2.45) is 34.5 Å². The van der Waals surface area contributed by atoms with Crippen molar-refractivity contribution in [2.75, 3.05) is 5.75 Å². The summed E-state index contributed by atoms with van der Waals surface area (Å²) < 4.78 is 0. The molecule has 4 aliphatic carbocycles. The van der Waals surface area contributed by atoms with Crippen LogP contribution in [0.25, 0.3) is 0 Å². The fraction of sp³-hybridized carbons (Fsp3) is 0.724. The zero-order valence-electron chi connectivity index (χ0n) is 20.1. The third-order valence-electron chi connectivity index (χ3n) is 10.1. The van der Waals surface area contributed by atoms with E-state index in [1.54, 1.807) is 5.57 Å². The highest BCUT2D eigenvalue weighted by atomic mass is 32.2. The molecule has 0 aliphatic heterocycles. The summed E-state index contributed by atoms with van der Waals surface area (Å²) in [4.78, 5) is 1.35. The van der Waals surface area contributed by atoms with Crippen LogP contribution in [-0.2, 0) is 0 Å². The minimum absolute atomic E-state index is 0.168. The number of benzene rings is 1. The first-order chi connectivity index (χ1) is 14.8. The van der Waals surface area contributed by atoms with Gasteiger partial charge < -0.3 is 5.11 Å². The summed E-state index contributed by atoms with van der Waals surface area (Å²) in [6, 6.07) is 9.11. The van der Waals surface area contributed by atoms with Crippen molar-refractivity contribution in [1.29, 1.82) is 0 Å². The second kappa shape index (κ2) is 8.24. The second-order valence-corrected chi connectivity index (χ2v) is 13.2. The lowest BCUT2D eigenvalue weighted by atomic mass is 9.47. The molecular weight excluding hydrogens is 396 g/mol. The highest BCUT2D eigenvalue weighted by Gasteiger charge is 2.56. The number of allylic oxidation sites excluding steroid dienone is 1. The van der Waals surface area contributed by atoms with Crippen LogP contribution < -0.4 is 0 Å². The molecule has 0 amide bonds. The predicted octanol–water partition coefficient (Wildman–Crippen LogP) is 7.84. The van der Waals surface area contributed by atoms with Crippen molar-refractivity contribution >= 4 is 11.8 Å². The summed E-state index contributed by atoms with van der Waals surface area (Å²) in [7, 11) is 0. The summed E-state index contributed by atoms with van der Waals surface area (Å²) in [5.41, 5.74) is 3.95. The first-order valence-corrected chi connectivity index (χ1v) is 13.9. The number of rotatable bonds is 4. The number of hydrogen-bond acceptors (Lipinski definition) is 2. The predicted molar refractivity (Wildman–Crippen MR) is 132 cm³/mol. The molecule has 0 aromatic heterocycles. The van der Waals surface area contributed by atoms with E-state index < -0.39 is 0 Å². The van der Waals surface area contributed by atoms with Gasteiger partial charge in [-0.05, 0) is 103 Å². The Bertz CT molecular complexity index is 826. The van der Waals surface area contributed by atoms with Crippen molar-refractivity contribution in [2.45, 2.75) is 96.0 Å². The molecule has 170 valence electrons. The molecule has 2 heteroatoms. The molecule has 1 N–H and O–H groups in total. The van der Waals surface area contributed by atoms with E-state index in [0.717, 1.165) is 29.9 Å². The number of aliphatic hydroxyl groups is 1. The van der Waals surface area contributed by atoms with Gasteiger partial charge >= 0.3 is 0 Å². The van der Waals surface area contributed by atoms with Crippen LogP contribution in [0.5, 0.6) is 0 Å². The Labute approximate surface area is 194 Å². The Morgan fingerprint density at radius 1 is 1.06 bits per heavy atom. The van der Waals surface area contributed by atoms with Crippen LogP contribution in [0.3, 0.4) is 0 Å². The fourth-order valence-corrected chi connectivity index (χ4v) is 9.22. The Morgan fingerprint density at radius 2 is 1.84 bits per heavy atom. The summed E-state index contributed by atoms with van der Waals surface area (Å²) in [6.07, 6.45) is 13.0. The maximum atomic E-state index is 11.1. The van der Waals surface area contributed by atoms with Gasteiger partial charge in [-0.3, -0.25) is 0 Å². The van der Waals surface area contributed by atoms with Crippen LogP contribution in [-0.4, -0.2) is 17.0 Å². The van der Waals surface area contributed by atoms with E-state index in [2.05, 4.69) is 58.0 Å². The van der Waals surface area contributed by atoms with Crippen molar-refractivity contribution in [3.8, 4) is 0 Å². The molecule has 4 aliphatic rings. The first-order valence-electron chi connectivity index (χ1n) is 12.9. The molecule has 1 aromatic carbocycles. The quantitative estimate of drug-likeness (QED) is 0.381. The topological polar surface area (TPSA) is 20.2 Å². The molecule has 7 atom stereocenters. The van der Waals surface area contributed by atoms with E-state index in [1.165, 1.54) is 55.4 Å². The molecule has 0 bridgehead atoms. The lowest BCUT2D eigenvalue weighted by Gasteiger charge is -2.58. The fourth-order valence-electron chi connectivity index (χ4n) is 8.14. The van der Waals surface area contributed by atoms with Crippen LogP contribution in [0, 0.1) is 34.5 Å². The molecule has 1 aromatic rings. The third-order valence-corrected chi connectivity index (χ3v) is 11.3. The van der Waals surface area contributed by atoms with Gasteiger partial charge in [-0.2, -0.15) is 0 Å². The molecule has 0 saturated heterocycles. The normalized spacial score (nSPS) is 42.0. The number of aliphatic hydroxyl groups excluding tert-OH is 1. The lowest BCUT2D eigenvalue weighted by molar-refractivity contribution is -0.0492. The van der Waals surface area contributed by atoms with E-state index in [1.807, 2.05) is 11.8 Å². The van der Waals surface area contributed by atoms with Crippen LogP contribution in [0.2, 0.25) is 0 Å². The zero-order valence-corrected chi connectivity index (χ0v) is 20.9. The van der Waals surface area contributed by atoms with Gasteiger partial charge in [0, 0.05) is 10.6 Å². The van der Waals surface area contributed by atoms with Gasteiger partial charge in [-0.15, -0.1) is 11.8 Å². The van der Waals surface area contributed by atoms with Crippen LogP contribution >= 0.6 is 11.8 Å². The Balaban J connectivity index is 1.31. The first kappa shape index (κ1) is 22.1. The molecule has 5 rings (SSSR count). The van der Waals surface area contributed by atoms with Crippen molar-refractivity contribution in [3.63, 3.8) is 0 Å². The Morgan fingerprint density at radius 3 is 2.58 bits per heavy atom. The average Bonchev–Trinajstić information content (AvgIpc) is 3.15. The molecule has 3 saturated carbocycles. The molecule has 3 fully saturated rings. The summed E-state index contributed by atoms with van der Waals surface area (Å²) in [5.74, 6) is 4.72. The van der Waals surface area contributed by atoms with E-state index >= 15 is 0 Å². The average molecular weight is 439 g/mol. The van der Waals surface area contributed by atoms with Gasteiger partial charge in [0.1, 0.15) is 0 Å². The largest absolute Gasteiger partial charge is 0.392 e. The summed E-state index contributed by atoms with van der Waals surface area (Å²) in [5, 5.41) is 11.1. The van der Waals surface area contributed by atoms with Crippen molar-refractivity contribution < 1.29 is 5.11 Å². The van der Waals surface area contributed by atoms with E-state index in [4.69, 9.17) is 0 Å². The highest BCUT2D eigenvalue weighted by Crippen LogP contribution is 2.65. The minimum atomic E-state index is -0.168. The molecule has 1 nitrogen and oxygen atoms in total. The number of hydrogen-bond donors (Lipinski definition) is 1. The number of fused-ring (bicyclic) bond motifs is 5. The van der Waals surface area contributed by atoms with Crippen LogP contribution in [0.1, 0.15) is 90.5 Å². The van der Waals surface area contributed by atoms with Gasteiger partial charge in [0.15, 0.2) is 0 Å². The van der Waals surface area contributed by atoms with E-state index in [0.29, 0.717) is 22.7 Å². The number of thioether (sulfide) groups is 1. The molecular formula is C29H42OS. The van der Waals surface area contributed by atoms with Gasteiger partial charge in [0.05, 0.1) is 6.10 Å². The Kier molecular flexibility index (Phi) is 5.87. The third kappa shape index (κ3) is 3.84. The molecule has 0 heterocycles. The van der Waals surface area contributed by atoms with Crippen LogP contribution in [0.4, 0.5) is 0 Å². The maximum absolute atomic E-state index is 11.1. The molecule has 31 heavy (non-hydrogen) atoms. The summed E-state index contributed by atoms with van der Waals surface area (Å²) in [6.45, 7) is 9.68. The highest BCUT2D eigenvalue weighted by molar-refractivity contribution is 7.99. The smallest absolute Gasteiger partial charge is 0.0614 e. The van der Waals surface area contributed by atoms with Crippen molar-refractivity contribution in [3.05, 3.63) is 41.5 Å². The maximum Gasteiger partial charge on any atom is 0.0614 e. The minimum Gasteiger partial charge on any atom is -0.392 e. The SMILES string of the molecule is CC(C)c1ccc(SCC2C[C@@]3(C)C(=CC[C@H]4[C@@H]5CCC[C@@]5(C)CC[C@@H]43)C[C@H]2O)cc1. The zero-order chi connectivity index (χ0) is 21.8. The van der Waals surface area contributed by atoms with Crippen LogP contribution in [0.15, 0.2) is 40.8 Å². The van der Waals surface area contributed by atoms with Gasteiger partial charge in [0.25, 0.3) is 0 Å². The van der Waals surface area contributed by atoms with E-state index in [-0.39, 0.29) is 6.10 Å². The van der Waals surface area contributed by atoms with E-state index in [9.17, 15) is 5.11 Å². The lowest BCUT2D eigenvalue weighted by Crippen LogP contribution is -2.51. The molecule has 0 spiro atoms. The molecule has 1 unspecified atom stereocenters. The standard InChI is InChI=1S/C29H42OS/c1-19(2)20-7-10-23(11-8-20)31-18-21-17-29(4)22(16-27(21)30)9-12-24-25-6-5-14-28(25,3)15-13-26(24)29/h7-11,19,21,24-27,30H,5-6,12-18H2,1-4H3/t21?,24-,25-,26-,27+,28-,29-/m0/s1.